The SMILES string of the molecule is CCCNC1CCC(CCC)CC1N(C)C(C)CC(C)C. The number of hydrogen-bond acceptors (Lipinski definition) is 2. The molecule has 1 saturated carbocycles. The van der Waals surface area contributed by atoms with Crippen LogP contribution in [-0.4, -0.2) is 36.6 Å². The molecule has 2 heteroatoms. The van der Waals surface area contributed by atoms with Crippen LogP contribution < -0.4 is 5.32 Å². The number of hydrogen-bond donors (Lipinski definition) is 1. The molecule has 0 heterocycles. The topological polar surface area (TPSA) is 15.3 Å². The van der Waals surface area contributed by atoms with Crippen LogP contribution in [0.1, 0.15) is 79.6 Å². The van der Waals surface area contributed by atoms with E-state index >= 15 is 0 Å². The molecule has 0 aliphatic heterocycles. The van der Waals surface area contributed by atoms with Gasteiger partial charge in [-0.15, -0.1) is 0 Å². The lowest BCUT2D eigenvalue weighted by Gasteiger charge is -2.44. The maximum absolute atomic E-state index is 3.83. The summed E-state index contributed by atoms with van der Waals surface area (Å²) >= 11 is 0. The third-order valence-electron chi connectivity index (χ3n) is 5.31. The molecule has 1 N–H and O–H groups in total. The number of likely N-dealkylation sites (N-methyl/N-ethyl adjacent to an activating group) is 1. The zero-order valence-corrected chi connectivity index (χ0v) is 15.5. The second kappa shape index (κ2) is 9.84. The van der Waals surface area contributed by atoms with Crippen molar-refractivity contribution in [2.75, 3.05) is 13.6 Å². The largest absolute Gasteiger partial charge is 0.312 e. The fraction of sp³-hybridized carbons (Fsp3) is 1.00. The second-order valence-electron chi connectivity index (χ2n) is 7.74. The molecule has 2 nitrogen and oxygen atoms in total. The molecule has 126 valence electrons. The third kappa shape index (κ3) is 6.28. The lowest BCUT2D eigenvalue weighted by atomic mass is 9.79. The Hall–Kier alpha value is -0.0800. The van der Waals surface area contributed by atoms with Gasteiger partial charge in [0.1, 0.15) is 0 Å². The normalized spacial score (nSPS) is 28.3. The van der Waals surface area contributed by atoms with Gasteiger partial charge in [-0.3, -0.25) is 4.90 Å². The van der Waals surface area contributed by atoms with Crippen molar-refractivity contribution in [1.82, 2.24) is 10.2 Å². The molecule has 4 unspecified atom stereocenters. The zero-order chi connectivity index (χ0) is 15.8. The van der Waals surface area contributed by atoms with Gasteiger partial charge in [-0.05, 0) is 64.5 Å². The second-order valence-corrected chi connectivity index (χ2v) is 7.74. The standard InChI is InChI=1S/C19H40N2/c1-7-9-17-10-11-18(20-12-8-2)19(14-17)21(6)16(5)13-15(3)4/h15-20H,7-14H2,1-6H3. The average Bonchev–Trinajstić information content (AvgIpc) is 2.44. The van der Waals surface area contributed by atoms with E-state index < -0.39 is 0 Å². The smallest absolute Gasteiger partial charge is 0.0251 e. The van der Waals surface area contributed by atoms with Gasteiger partial charge in [0.25, 0.3) is 0 Å². The molecule has 0 aromatic heterocycles. The van der Waals surface area contributed by atoms with E-state index in [1.807, 2.05) is 0 Å². The number of nitrogens with one attached hydrogen (secondary N) is 1. The number of nitrogens with zero attached hydrogens (tertiary/aromatic N) is 1. The molecular weight excluding hydrogens is 256 g/mol. The van der Waals surface area contributed by atoms with Crippen molar-refractivity contribution < 1.29 is 0 Å². The van der Waals surface area contributed by atoms with Gasteiger partial charge in [0.05, 0.1) is 0 Å². The van der Waals surface area contributed by atoms with Gasteiger partial charge in [-0.25, -0.2) is 0 Å². The molecule has 0 radical (unpaired) electrons. The summed E-state index contributed by atoms with van der Waals surface area (Å²) in [6, 6.07) is 2.13. The monoisotopic (exact) mass is 296 g/mol. The Balaban J connectivity index is 2.67. The molecule has 21 heavy (non-hydrogen) atoms. The van der Waals surface area contributed by atoms with E-state index in [2.05, 4.69) is 51.9 Å². The van der Waals surface area contributed by atoms with Gasteiger partial charge < -0.3 is 5.32 Å². The summed E-state index contributed by atoms with van der Waals surface area (Å²) in [5, 5.41) is 3.83. The van der Waals surface area contributed by atoms with Crippen molar-refractivity contribution in [2.45, 2.75) is 97.7 Å². The Labute approximate surface area is 134 Å². The molecule has 1 fully saturated rings. The highest BCUT2D eigenvalue weighted by molar-refractivity contribution is 4.91. The lowest BCUT2D eigenvalue weighted by molar-refractivity contribution is 0.0791. The Kier molecular flexibility index (Phi) is 8.89. The predicted octanol–water partition coefficient (Wildman–Crippen LogP) is 4.69. The van der Waals surface area contributed by atoms with Crippen molar-refractivity contribution in [1.29, 1.82) is 0 Å². The first-order chi connectivity index (χ1) is 9.99. The molecule has 1 aliphatic carbocycles. The van der Waals surface area contributed by atoms with Crippen molar-refractivity contribution in [3.63, 3.8) is 0 Å². The summed E-state index contributed by atoms with van der Waals surface area (Å²) in [6.45, 7) is 12.9. The first-order valence-electron chi connectivity index (χ1n) is 9.44. The minimum absolute atomic E-state index is 0.696. The molecule has 0 amide bonds. The van der Waals surface area contributed by atoms with Crippen LogP contribution in [0.3, 0.4) is 0 Å². The predicted molar refractivity (Wildman–Crippen MR) is 94.8 cm³/mol. The maximum atomic E-state index is 3.83. The average molecular weight is 297 g/mol. The van der Waals surface area contributed by atoms with E-state index in [0.717, 1.165) is 17.9 Å². The van der Waals surface area contributed by atoms with Crippen molar-refractivity contribution >= 4 is 0 Å². The maximum Gasteiger partial charge on any atom is 0.0251 e. The van der Waals surface area contributed by atoms with Crippen LogP contribution in [0.5, 0.6) is 0 Å². The van der Waals surface area contributed by atoms with Crippen molar-refractivity contribution in [3.05, 3.63) is 0 Å². The molecule has 1 rings (SSSR count). The summed E-state index contributed by atoms with van der Waals surface area (Å²) in [5.74, 6) is 1.74. The van der Waals surface area contributed by atoms with E-state index in [-0.39, 0.29) is 0 Å². The van der Waals surface area contributed by atoms with Gasteiger partial charge in [0.15, 0.2) is 0 Å². The summed E-state index contributed by atoms with van der Waals surface area (Å²) < 4.78 is 0. The molecule has 4 atom stereocenters. The minimum atomic E-state index is 0.696. The van der Waals surface area contributed by atoms with Gasteiger partial charge in [-0.1, -0.05) is 40.5 Å². The fourth-order valence-electron chi connectivity index (χ4n) is 4.10. The Bertz CT molecular complexity index is 264. The molecule has 0 saturated heterocycles. The quantitative estimate of drug-likeness (QED) is 0.664. The minimum Gasteiger partial charge on any atom is -0.312 e. The fourth-order valence-corrected chi connectivity index (χ4v) is 4.10. The molecule has 0 spiro atoms. The Morgan fingerprint density at radius 3 is 2.38 bits per heavy atom. The first-order valence-corrected chi connectivity index (χ1v) is 9.44. The molecule has 0 aromatic rings. The summed E-state index contributed by atoms with van der Waals surface area (Å²) in [7, 11) is 2.37. The highest BCUT2D eigenvalue weighted by Gasteiger charge is 2.33. The van der Waals surface area contributed by atoms with Crippen LogP contribution in [-0.2, 0) is 0 Å². The highest BCUT2D eigenvalue weighted by atomic mass is 15.2. The Morgan fingerprint density at radius 1 is 1.10 bits per heavy atom. The van der Waals surface area contributed by atoms with Gasteiger partial charge >= 0.3 is 0 Å². The van der Waals surface area contributed by atoms with Gasteiger partial charge in [0.2, 0.25) is 0 Å². The van der Waals surface area contributed by atoms with Gasteiger partial charge in [0, 0.05) is 18.1 Å². The van der Waals surface area contributed by atoms with Crippen molar-refractivity contribution in [2.24, 2.45) is 11.8 Å². The molecule has 1 aliphatic rings. The van der Waals surface area contributed by atoms with Crippen LogP contribution >= 0.6 is 0 Å². The third-order valence-corrected chi connectivity index (χ3v) is 5.31. The van der Waals surface area contributed by atoms with Crippen LogP contribution in [0.2, 0.25) is 0 Å². The van der Waals surface area contributed by atoms with Crippen LogP contribution in [0.25, 0.3) is 0 Å². The van der Waals surface area contributed by atoms with E-state index in [4.69, 9.17) is 0 Å². The summed E-state index contributed by atoms with van der Waals surface area (Å²) in [5.41, 5.74) is 0. The summed E-state index contributed by atoms with van der Waals surface area (Å²) in [4.78, 5) is 2.69. The van der Waals surface area contributed by atoms with E-state index in [0.29, 0.717) is 12.1 Å². The zero-order valence-electron chi connectivity index (χ0n) is 15.5. The summed E-state index contributed by atoms with van der Waals surface area (Å²) in [6.07, 6.45) is 9.51. The number of rotatable bonds is 9. The highest BCUT2D eigenvalue weighted by Crippen LogP contribution is 2.32. The van der Waals surface area contributed by atoms with Crippen LogP contribution in [0.15, 0.2) is 0 Å². The van der Waals surface area contributed by atoms with Crippen LogP contribution in [0, 0.1) is 11.8 Å². The van der Waals surface area contributed by atoms with Gasteiger partial charge in [-0.2, -0.15) is 0 Å². The Morgan fingerprint density at radius 2 is 1.81 bits per heavy atom. The first kappa shape index (κ1) is 19.0. The van der Waals surface area contributed by atoms with E-state index in [9.17, 15) is 0 Å². The van der Waals surface area contributed by atoms with Crippen molar-refractivity contribution in [3.8, 4) is 0 Å². The van der Waals surface area contributed by atoms with Crippen LogP contribution in [0.4, 0.5) is 0 Å². The molecule has 0 bridgehead atoms. The van der Waals surface area contributed by atoms with E-state index in [1.165, 1.54) is 51.5 Å². The lowest BCUT2D eigenvalue weighted by Crippen LogP contribution is -2.54. The molecular formula is C19H40N2. The molecule has 0 aromatic carbocycles. The van der Waals surface area contributed by atoms with E-state index in [1.54, 1.807) is 0 Å².